The Labute approximate surface area is 116 Å². The Hall–Kier alpha value is -1.75. The Balaban J connectivity index is 1.49. The van der Waals surface area contributed by atoms with E-state index >= 15 is 0 Å². The quantitative estimate of drug-likeness (QED) is 0.932. The first kappa shape index (κ1) is 12.0. The van der Waals surface area contributed by atoms with Crippen molar-refractivity contribution < 1.29 is 8.91 Å². The monoisotopic (exact) mass is 273 g/mol. The van der Waals surface area contributed by atoms with Crippen molar-refractivity contribution in [3.63, 3.8) is 0 Å². The molecule has 1 N–H and O–H groups in total. The van der Waals surface area contributed by atoms with Crippen LogP contribution in [0.5, 0.6) is 0 Å². The van der Waals surface area contributed by atoms with Gasteiger partial charge in [-0.15, -0.1) is 0 Å². The number of aromatic nitrogens is 2. The van der Waals surface area contributed by atoms with E-state index < -0.39 is 0 Å². The molecule has 2 atom stereocenters. The third-order valence-corrected chi connectivity index (χ3v) is 4.50. The highest BCUT2D eigenvalue weighted by atomic mass is 19.1. The molecule has 2 aliphatic rings. The molecule has 1 aromatic carbocycles. The molecule has 2 fully saturated rings. The van der Waals surface area contributed by atoms with E-state index in [-0.39, 0.29) is 5.82 Å². The van der Waals surface area contributed by atoms with Gasteiger partial charge in [-0.2, -0.15) is 4.98 Å². The highest BCUT2D eigenvalue weighted by Gasteiger charge is 2.58. The SMILES string of the molecule is Fc1cccc(Cc2noc(C3CC34CCNC4)n2)c1. The van der Waals surface area contributed by atoms with Crippen molar-refractivity contribution in [3.05, 3.63) is 47.4 Å². The zero-order valence-electron chi connectivity index (χ0n) is 11.1. The van der Waals surface area contributed by atoms with E-state index in [1.807, 2.05) is 6.07 Å². The molecule has 0 amide bonds. The number of nitrogens with zero attached hydrogens (tertiary/aromatic N) is 2. The summed E-state index contributed by atoms with van der Waals surface area (Å²) in [6, 6.07) is 6.52. The van der Waals surface area contributed by atoms with Crippen LogP contribution in [-0.2, 0) is 6.42 Å². The predicted octanol–water partition coefficient (Wildman–Crippen LogP) is 2.27. The standard InChI is InChI=1S/C15H16FN3O/c16-11-3-1-2-10(6-11)7-13-18-14(20-19-13)12-8-15(12)4-5-17-9-15/h1-3,6,12,17H,4-5,7-9H2. The van der Waals surface area contributed by atoms with Crippen LogP contribution in [0.25, 0.3) is 0 Å². The lowest BCUT2D eigenvalue weighted by atomic mass is 10.0. The smallest absolute Gasteiger partial charge is 0.230 e. The van der Waals surface area contributed by atoms with Crippen LogP contribution in [0.1, 0.15) is 36.0 Å². The second-order valence-corrected chi connectivity index (χ2v) is 5.90. The maximum Gasteiger partial charge on any atom is 0.230 e. The van der Waals surface area contributed by atoms with Gasteiger partial charge in [-0.25, -0.2) is 4.39 Å². The average molecular weight is 273 g/mol. The molecule has 4 nitrogen and oxygen atoms in total. The Morgan fingerprint density at radius 1 is 1.45 bits per heavy atom. The van der Waals surface area contributed by atoms with E-state index in [1.165, 1.54) is 18.6 Å². The van der Waals surface area contributed by atoms with Gasteiger partial charge in [0.25, 0.3) is 0 Å². The molecule has 20 heavy (non-hydrogen) atoms. The van der Waals surface area contributed by atoms with Gasteiger partial charge in [-0.05, 0) is 42.5 Å². The van der Waals surface area contributed by atoms with Crippen LogP contribution in [-0.4, -0.2) is 23.2 Å². The molecule has 2 aromatic rings. The highest BCUT2D eigenvalue weighted by molar-refractivity contribution is 5.22. The van der Waals surface area contributed by atoms with Gasteiger partial charge in [-0.1, -0.05) is 17.3 Å². The van der Waals surface area contributed by atoms with E-state index in [9.17, 15) is 4.39 Å². The minimum atomic E-state index is -0.232. The molecule has 1 spiro atoms. The molecular weight excluding hydrogens is 257 g/mol. The number of hydrogen-bond acceptors (Lipinski definition) is 4. The molecule has 0 bridgehead atoms. The minimum absolute atomic E-state index is 0.232. The minimum Gasteiger partial charge on any atom is -0.339 e. The Morgan fingerprint density at radius 2 is 2.40 bits per heavy atom. The summed E-state index contributed by atoms with van der Waals surface area (Å²) in [6.45, 7) is 2.14. The van der Waals surface area contributed by atoms with Gasteiger partial charge < -0.3 is 9.84 Å². The van der Waals surface area contributed by atoms with Crippen molar-refractivity contribution in [2.24, 2.45) is 5.41 Å². The second kappa shape index (κ2) is 4.38. The summed E-state index contributed by atoms with van der Waals surface area (Å²) in [6.07, 6.45) is 2.85. The van der Waals surface area contributed by atoms with Crippen LogP contribution < -0.4 is 5.32 Å². The first-order chi connectivity index (χ1) is 9.75. The summed E-state index contributed by atoms with van der Waals surface area (Å²) in [5.74, 6) is 1.56. The highest BCUT2D eigenvalue weighted by Crippen LogP contribution is 2.62. The summed E-state index contributed by atoms with van der Waals surface area (Å²) < 4.78 is 18.5. The molecule has 2 unspecified atom stereocenters. The fourth-order valence-corrected chi connectivity index (χ4v) is 3.24. The molecule has 1 aromatic heterocycles. The zero-order valence-corrected chi connectivity index (χ0v) is 11.1. The van der Waals surface area contributed by atoms with Gasteiger partial charge in [0, 0.05) is 18.9 Å². The van der Waals surface area contributed by atoms with Gasteiger partial charge in [0.05, 0.1) is 0 Å². The molecule has 0 radical (unpaired) electrons. The topological polar surface area (TPSA) is 51.0 Å². The largest absolute Gasteiger partial charge is 0.339 e. The summed E-state index contributed by atoms with van der Waals surface area (Å²) in [5.41, 5.74) is 1.23. The molecule has 5 heteroatoms. The Bertz CT molecular complexity index is 634. The molecule has 1 aliphatic carbocycles. The van der Waals surface area contributed by atoms with Gasteiger partial charge in [0.2, 0.25) is 5.89 Å². The molecule has 104 valence electrons. The zero-order chi connectivity index (χ0) is 13.6. The van der Waals surface area contributed by atoms with Gasteiger partial charge >= 0.3 is 0 Å². The normalized spacial score (nSPS) is 28.1. The molecular formula is C15H16FN3O. The lowest BCUT2D eigenvalue weighted by Crippen LogP contribution is -2.10. The number of hydrogen-bond donors (Lipinski definition) is 1. The number of nitrogens with one attached hydrogen (secondary N) is 1. The fourth-order valence-electron chi connectivity index (χ4n) is 3.24. The summed E-state index contributed by atoms with van der Waals surface area (Å²) in [7, 11) is 0. The van der Waals surface area contributed by atoms with Crippen molar-refractivity contribution in [1.29, 1.82) is 0 Å². The van der Waals surface area contributed by atoms with Crippen molar-refractivity contribution >= 4 is 0 Å². The van der Waals surface area contributed by atoms with Crippen LogP contribution >= 0.6 is 0 Å². The first-order valence-corrected chi connectivity index (χ1v) is 7.03. The summed E-state index contributed by atoms with van der Waals surface area (Å²) in [5, 5.41) is 7.42. The predicted molar refractivity (Wildman–Crippen MR) is 70.8 cm³/mol. The fraction of sp³-hybridized carbons (Fsp3) is 0.467. The van der Waals surface area contributed by atoms with E-state index in [2.05, 4.69) is 15.5 Å². The average Bonchev–Trinajstić information content (AvgIpc) is 2.77. The van der Waals surface area contributed by atoms with E-state index in [4.69, 9.17) is 4.52 Å². The lowest BCUT2D eigenvalue weighted by Gasteiger charge is -2.02. The van der Waals surface area contributed by atoms with E-state index in [0.29, 0.717) is 23.6 Å². The second-order valence-electron chi connectivity index (χ2n) is 5.90. The number of benzene rings is 1. The van der Waals surface area contributed by atoms with Gasteiger partial charge in [0.15, 0.2) is 5.82 Å². The van der Waals surface area contributed by atoms with Gasteiger partial charge in [-0.3, -0.25) is 0 Å². The lowest BCUT2D eigenvalue weighted by molar-refractivity contribution is 0.360. The molecule has 1 aliphatic heterocycles. The Kier molecular flexibility index (Phi) is 2.63. The van der Waals surface area contributed by atoms with Crippen LogP contribution in [0, 0.1) is 11.2 Å². The molecule has 1 saturated heterocycles. The third kappa shape index (κ3) is 2.02. The molecule has 4 rings (SSSR count). The van der Waals surface area contributed by atoms with Gasteiger partial charge in [0.1, 0.15) is 5.82 Å². The van der Waals surface area contributed by atoms with Crippen molar-refractivity contribution in [1.82, 2.24) is 15.5 Å². The van der Waals surface area contributed by atoms with Crippen LogP contribution in [0.15, 0.2) is 28.8 Å². The number of halogens is 1. The molecule has 2 heterocycles. The summed E-state index contributed by atoms with van der Waals surface area (Å²) >= 11 is 0. The first-order valence-electron chi connectivity index (χ1n) is 7.03. The van der Waals surface area contributed by atoms with Crippen LogP contribution in [0.2, 0.25) is 0 Å². The van der Waals surface area contributed by atoms with Crippen LogP contribution in [0.3, 0.4) is 0 Å². The maximum atomic E-state index is 13.1. The van der Waals surface area contributed by atoms with Crippen molar-refractivity contribution in [2.45, 2.75) is 25.2 Å². The van der Waals surface area contributed by atoms with Crippen LogP contribution in [0.4, 0.5) is 4.39 Å². The Morgan fingerprint density at radius 3 is 3.20 bits per heavy atom. The van der Waals surface area contributed by atoms with Crippen molar-refractivity contribution in [2.75, 3.05) is 13.1 Å². The number of rotatable bonds is 3. The van der Waals surface area contributed by atoms with E-state index in [0.717, 1.165) is 31.0 Å². The van der Waals surface area contributed by atoms with E-state index in [1.54, 1.807) is 6.07 Å². The maximum absolute atomic E-state index is 13.1. The summed E-state index contributed by atoms with van der Waals surface area (Å²) in [4.78, 5) is 4.49. The van der Waals surface area contributed by atoms with Crippen molar-refractivity contribution in [3.8, 4) is 0 Å². The molecule has 1 saturated carbocycles. The third-order valence-electron chi connectivity index (χ3n) is 4.50.